The first-order valence-corrected chi connectivity index (χ1v) is 12.9. The fourth-order valence-corrected chi connectivity index (χ4v) is 4.37. The van der Waals surface area contributed by atoms with Crippen LogP contribution in [0.1, 0.15) is 35.7 Å². The number of benzene rings is 3. The zero-order valence-electron chi connectivity index (χ0n) is 22.0. The van der Waals surface area contributed by atoms with Crippen molar-refractivity contribution < 1.29 is 14.6 Å². The molecule has 0 aliphatic rings. The van der Waals surface area contributed by atoms with Gasteiger partial charge in [0.1, 0.15) is 5.75 Å². The predicted molar refractivity (Wildman–Crippen MR) is 147 cm³/mol. The molecule has 194 valence electrons. The number of ether oxygens (including phenoxy) is 2. The van der Waals surface area contributed by atoms with Gasteiger partial charge in [-0.3, -0.25) is 4.90 Å². The van der Waals surface area contributed by atoms with Gasteiger partial charge in [-0.2, -0.15) is 5.10 Å². The van der Waals surface area contributed by atoms with Gasteiger partial charge in [-0.1, -0.05) is 67.6 Å². The van der Waals surface area contributed by atoms with E-state index < -0.39 is 6.10 Å². The Bertz CT molecular complexity index is 1240. The highest BCUT2D eigenvalue weighted by Crippen LogP contribution is 2.32. The summed E-state index contributed by atoms with van der Waals surface area (Å²) in [7, 11) is 0. The Hall–Kier alpha value is -3.45. The summed E-state index contributed by atoms with van der Waals surface area (Å²) >= 11 is 0. The van der Waals surface area contributed by atoms with Gasteiger partial charge in [0.25, 0.3) is 0 Å². The van der Waals surface area contributed by atoms with Crippen LogP contribution < -0.4 is 4.74 Å². The summed E-state index contributed by atoms with van der Waals surface area (Å²) in [5.41, 5.74) is 5.09. The summed E-state index contributed by atoms with van der Waals surface area (Å²) in [6.45, 7) is 8.95. The van der Waals surface area contributed by atoms with E-state index in [1.165, 1.54) is 0 Å². The molecular formula is C31H37N3O3. The summed E-state index contributed by atoms with van der Waals surface area (Å²) < 4.78 is 14.1. The molecule has 0 radical (unpaired) electrons. The molecular weight excluding hydrogens is 462 g/mol. The van der Waals surface area contributed by atoms with E-state index in [0.717, 1.165) is 46.8 Å². The lowest BCUT2D eigenvalue weighted by Crippen LogP contribution is -2.35. The molecule has 1 heterocycles. The average Bonchev–Trinajstić information content (AvgIpc) is 3.20. The molecule has 1 N–H and O–H groups in total. The average molecular weight is 500 g/mol. The molecule has 6 heteroatoms. The van der Waals surface area contributed by atoms with Crippen molar-refractivity contribution in [1.82, 2.24) is 14.7 Å². The molecule has 1 aromatic heterocycles. The number of hydrogen-bond acceptors (Lipinski definition) is 5. The molecule has 1 atom stereocenters. The maximum absolute atomic E-state index is 10.8. The topological polar surface area (TPSA) is 59.8 Å². The maximum Gasteiger partial charge on any atom is 0.227 e. The second-order valence-corrected chi connectivity index (χ2v) is 9.42. The molecule has 0 aliphatic heterocycles. The molecule has 0 saturated carbocycles. The zero-order valence-corrected chi connectivity index (χ0v) is 22.0. The van der Waals surface area contributed by atoms with Gasteiger partial charge in [-0.25, -0.2) is 4.68 Å². The van der Waals surface area contributed by atoms with Gasteiger partial charge in [0.2, 0.25) is 5.88 Å². The second-order valence-electron chi connectivity index (χ2n) is 9.42. The summed E-state index contributed by atoms with van der Waals surface area (Å²) in [4.78, 5) is 2.25. The van der Waals surface area contributed by atoms with Crippen molar-refractivity contribution >= 4 is 0 Å². The highest BCUT2D eigenvalue weighted by molar-refractivity contribution is 5.43. The van der Waals surface area contributed by atoms with Crippen molar-refractivity contribution in [1.29, 1.82) is 0 Å². The Morgan fingerprint density at radius 2 is 1.68 bits per heavy atom. The minimum absolute atomic E-state index is 0.282. The molecule has 37 heavy (non-hydrogen) atoms. The zero-order chi connectivity index (χ0) is 26.0. The monoisotopic (exact) mass is 499 g/mol. The lowest BCUT2D eigenvalue weighted by atomic mass is 10.2. The molecule has 0 saturated heterocycles. The number of hydrogen-bond donors (Lipinski definition) is 1. The van der Waals surface area contributed by atoms with Crippen LogP contribution in [0.25, 0.3) is 5.69 Å². The predicted octanol–water partition coefficient (Wildman–Crippen LogP) is 6.07. The standard InChI is InChI=1S/C31H37N3O3/c1-4-18-33(20-28(35)23-36-22-26-13-7-5-8-14-26)21-30-25(3)32-34(27-15-9-6-10-16-27)31(30)37-29-17-11-12-24(2)19-29/h5-17,19,28,35H,4,18,20-23H2,1-3H3/t28-/m0/s1. The number of aromatic nitrogens is 2. The van der Waals surface area contributed by atoms with Crippen LogP contribution in [0.15, 0.2) is 84.9 Å². The summed E-state index contributed by atoms with van der Waals surface area (Å²) in [6.07, 6.45) is 0.373. The van der Waals surface area contributed by atoms with Crippen molar-refractivity contribution in [3.05, 3.63) is 107 Å². The molecule has 0 bridgehead atoms. The van der Waals surface area contributed by atoms with Gasteiger partial charge < -0.3 is 14.6 Å². The van der Waals surface area contributed by atoms with E-state index in [1.807, 2.05) is 90.5 Å². The Balaban J connectivity index is 1.52. The van der Waals surface area contributed by atoms with Crippen LogP contribution in [-0.4, -0.2) is 45.6 Å². The van der Waals surface area contributed by atoms with Crippen LogP contribution in [0.2, 0.25) is 0 Å². The minimum atomic E-state index is -0.596. The number of para-hydroxylation sites is 1. The molecule has 0 amide bonds. The Kier molecular flexibility index (Phi) is 9.49. The van der Waals surface area contributed by atoms with Crippen LogP contribution in [0.3, 0.4) is 0 Å². The lowest BCUT2D eigenvalue weighted by Gasteiger charge is -2.25. The lowest BCUT2D eigenvalue weighted by molar-refractivity contribution is 0.00845. The number of aliphatic hydroxyl groups excluding tert-OH is 1. The van der Waals surface area contributed by atoms with Crippen LogP contribution in [0, 0.1) is 13.8 Å². The first-order valence-electron chi connectivity index (χ1n) is 12.9. The molecule has 4 aromatic rings. The minimum Gasteiger partial charge on any atom is -0.439 e. The Labute approximate surface area is 220 Å². The molecule has 0 unspecified atom stereocenters. The molecule has 3 aromatic carbocycles. The number of aryl methyl sites for hydroxylation is 2. The Morgan fingerprint density at radius 1 is 0.946 bits per heavy atom. The quantitative estimate of drug-likeness (QED) is 0.242. The fraction of sp³-hybridized carbons (Fsp3) is 0.323. The molecule has 0 aliphatic carbocycles. The van der Waals surface area contributed by atoms with Crippen LogP contribution in [0.5, 0.6) is 11.6 Å². The van der Waals surface area contributed by atoms with E-state index >= 15 is 0 Å². The summed E-state index contributed by atoms with van der Waals surface area (Å²) in [5, 5.41) is 15.6. The largest absolute Gasteiger partial charge is 0.439 e. The number of nitrogens with zero attached hydrogens (tertiary/aromatic N) is 3. The molecule has 0 spiro atoms. The number of aliphatic hydroxyl groups is 1. The van der Waals surface area contributed by atoms with E-state index in [1.54, 1.807) is 0 Å². The number of rotatable bonds is 13. The van der Waals surface area contributed by atoms with E-state index in [0.29, 0.717) is 25.6 Å². The van der Waals surface area contributed by atoms with E-state index in [9.17, 15) is 5.11 Å². The first kappa shape index (κ1) is 26.6. The normalized spacial score (nSPS) is 12.1. The van der Waals surface area contributed by atoms with Crippen LogP contribution in [0.4, 0.5) is 0 Å². The maximum atomic E-state index is 10.8. The van der Waals surface area contributed by atoms with Gasteiger partial charge in [0.05, 0.1) is 36.3 Å². The van der Waals surface area contributed by atoms with E-state index in [4.69, 9.17) is 14.6 Å². The highest BCUT2D eigenvalue weighted by Gasteiger charge is 2.22. The summed E-state index contributed by atoms with van der Waals surface area (Å²) in [5.74, 6) is 1.47. The molecule has 6 nitrogen and oxygen atoms in total. The molecule has 0 fully saturated rings. The highest BCUT2D eigenvalue weighted by atomic mass is 16.5. The molecule has 4 rings (SSSR count). The van der Waals surface area contributed by atoms with Gasteiger partial charge in [-0.15, -0.1) is 0 Å². The van der Waals surface area contributed by atoms with Gasteiger partial charge in [0.15, 0.2) is 0 Å². The first-order chi connectivity index (χ1) is 18.0. The van der Waals surface area contributed by atoms with Crippen LogP contribution in [-0.2, 0) is 17.9 Å². The third kappa shape index (κ3) is 7.52. The third-order valence-corrected chi connectivity index (χ3v) is 6.15. The second kappa shape index (κ2) is 13.2. The van der Waals surface area contributed by atoms with Crippen molar-refractivity contribution in [2.45, 2.75) is 46.4 Å². The van der Waals surface area contributed by atoms with Gasteiger partial charge in [0, 0.05) is 13.1 Å². The van der Waals surface area contributed by atoms with E-state index in [2.05, 4.69) is 24.8 Å². The van der Waals surface area contributed by atoms with Crippen molar-refractivity contribution in [2.24, 2.45) is 0 Å². The van der Waals surface area contributed by atoms with Gasteiger partial charge in [-0.05, 0) is 62.2 Å². The SMILES string of the molecule is CCCN(Cc1c(C)nn(-c2ccccc2)c1Oc1cccc(C)c1)C[C@H](O)COCc1ccccc1. The van der Waals surface area contributed by atoms with Crippen molar-refractivity contribution in [3.8, 4) is 17.3 Å². The Morgan fingerprint density at radius 3 is 2.38 bits per heavy atom. The van der Waals surface area contributed by atoms with E-state index in [-0.39, 0.29) is 6.61 Å². The van der Waals surface area contributed by atoms with Crippen molar-refractivity contribution in [2.75, 3.05) is 19.7 Å². The van der Waals surface area contributed by atoms with Crippen molar-refractivity contribution in [3.63, 3.8) is 0 Å². The smallest absolute Gasteiger partial charge is 0.227 e. The fourth-order valence-electron chi connectivity index (χ4n) is 4.37. The van der Waals surface area contributed by atoms with Crippen LogP contribution >= 0.6 is 0 Å². The third-order valence-electron chi connectivity index (χ3n) is 6.15. The summed E-state index contributed by atoms with van der Waals surface area (Å²) in [6, 6.07) is 28.1. The van der Waals surface area contributed by atoms with Gasteiger partial charge >= 0.3 is 0 Å².